The van der Waals surface area contributed by atoms with Gasteiger partial charge in [-0.3, -0.25) is 9.59 Å². The van der Waals surface area contributed by atoms with Crippen LogP contribution in [0.25, 0.3) is 10.1 Å². The van der Waals surface area contributed by atoms with Crippen LogP contribution >= 0.6 is 22.9 Å². The highest BCUT2D eigenvalue weighted by atomic mass is 35.5. The van der Waals surface area contributed by atoms with E-state index in [2.05, 4.69) is 10.6 Å². The molecule has 2 aromatic carbocycles. The van der Waals surface area contributed by atoms with Gasteiger partial charge in [0, 0.05) is 22.7 Å². The molecule has 0 spiro atoms. The lowest BCUT2D eigenvalue weighted by molar-refractivity contribution is -0.114. The number of fused-ring (bicyclic) bond motifs is 1. The van der Waals surface area contributed by atoms with Gasteiger partial charge in [-0.2, -0.15) is 0 Å². The lowest BCUT2D eigenvalue weighted by Crippen LogP contribution is -2.12. The molecule has 0 aliphatic rings. The van der Waals surface area contributed by atoms with Crippen LogP contribution in [0.3, 0.4) is 0 Å². The quantitative estimate of drug-likeness (QED) is 0.659. The van der Waals surface area contributed by atoms with Crippen LogP contribution in [0.5, 0.6) is 0 Å². The number of hydrogen-bond donors (Lipinski definition) is 2. The molecule has 0 aliphatic carbocycles. The van der Waals surface area contributed by atoms with E-state index in [-0.39, 0.29) is 11.6 Å². The number of benzene rings is 2. The van der Waals surface area contributed by atoms with Gasteiger partial charge >= 0.3 is 0 Å². The maximum absolute atomic E-state index is 13.7. The van der Waals surface area contributed by atoms with Crippen LogP contribution in [0.15, 0.2) is 36.4 Å². The minimum Gasteiger partial charge on any atom is -0.324 e. The Morgan fingerprint density at radius 2 is 1.92 bits per heavy atom. The van der Waals surface area contributed by atoms with E-state index in [0.29, 0.717) is 15.6 Å². The van der Waals surface area contributed by atoms with Gasteiger partial charge in [0.15, 0.2) is 0 Å². The summed E-state index contributed by atoms with van der Waals surface area (Å²) in [6.07, 6.45) is 0. The minimum atomic E-state index is -0.580. The number of rotatable bonds is 3. The maximum atomic E-state index is 13.7. The fourth-order valence-corrected chi connectivity index (χ4v) is 4.07. The molecule has 1 heterocycles. The van der Waals surface area contributed by atoms with Crippen molar-refractivity contribution in [1.29, 1.82) is 0 Å². The minimum absolute atomic E-state index is 0.00332. The summed E-state index contributed by atoms with van der Waals surface area (Å²) in [6, 6.07) is 9.71. The van der Waals surface area contributed by atoms with Crippen LogP contribution in [0.1, 0.15) is 22.2 Å². The molecule has 7 heteroatoms. The molecule has 0 atom stereocenters. The molecule has 25 heavy (non-hydrogen) atoms. The Kier molecular flexibility index (Phi) is 4.74. The number of carbonyl (C=O) groups is 2. The lowest BCUT2D eigenvalue weighted by Gasteiger charge is -2.08. The number of nitrogens with one attached hydrogen (secondary N) is 2. The van der Waals surface area contributed by atoms with Gasteiger partial charge in [0.05, 0.1) is 10.7 Å². The summed E-state index contributed by atoms with van der Waals surface area (Å²) < 4.78 is 14.6. The van der Waals surface area contributed by atoms with Crippen LogP contribution in [0.2, 0.25) is 5.02 Å². The molecule has 2 amide bonds. The van der Waals surface area contributed by atoms with Crippen molar-refractivity contribution in [2.75, 3.05) is 10.6 Å². The second kappa shape index (κ2) is 6.82. The molecule has 0 radical (unpaired) electrons. The Hall–Kier alpha value is -2.44. The van der Waals surface area contributed by atoms with Gasteiger partial charge in [-0.1, -0.05) is 23.7 Å². The average molecular weight is 377 g/mol. The van der Waals surface area contributed by atoms with Crippen LogP contribution < -0.4 is 10.6 Å². The molecular weight excluding hydrogens is 363 g/mol. The number of anilines is 2. The van der Waals surface area contributed by atoms with E-state index in [1.165, 1.54) is 36.5 Å². The number of amides is 2. The van der Waals surface area contributed by atoms with Gasteiger partial charge in [-0.05, 0) is 36.8 Å². The second-order valence-corrected chi connectivity index (χ2v) is 6.95. The molecule has 128 valence electrons. The van der Waals surface area contributed by atoms with Crippen molar-refractivity contribution in [2.45, 2.75) is 13.8 Å². The number of aryl methyl sites for hydroxylation is 1. The van der Waals surface area contributed by atoms with Gasteiger partial charge < -0.3 is 10.6 Å². The Bertz CT molecular complexity index is 1000. The summed E-state index contributed by atoms with van der Waals surface area (Å²) in [5, 5.41) is 6.33. The molecule has 1 aromatic heterocycles. The second-order valence-electron chi connectivity index (χ2n) is 5.52. The molecule has 0 saturated carbocycles. The number of thiophene rings is 1. The first-order valence-electron chi connectivity index (χ1n) is 7.43. The standard InChI is InChI=1S/C18H14ClFN2O2S/c1-9-4-3-5-14-15(9)16(19)17(25-14)18(24)22-11-6-7-12(20)13(8-11)21-10(2)23/h3-8H,1-2H3,(H,21,23)(H,22,24). The van der Waals surface area contributed by atoms with Gasteiger partial charge in [-0.25, -0.2) is 4.39 Å². The summed E-state index contributed by atoms with van der Waals surface area (Å²) in [5.41, 5.74) is 1.36. The molecule has 0 aliphatic heterocycles. The highest BCUT2D eigenvalue weighted by Gasteiger charge is 2.18. The average Bonchev–Trinajstić information content (AvgIpc) is 2.88. The fourth-order valence-electron chi connectivity index (χ4n) is 2.50. The maximum Gasteiger partial charge on any atom is 0.267 e. The van der Waals surface area contributed by atoms with E-state index in [9.17, 15) is 14.0 Å². The van der Waals surface area contributed by atoms with Crippen molar-refractivity contribution in [3.05, 3.63) is 57.7 Å². The topological polar surface area (TPSA) is 58.2 Å². The summed E-state index contributed by atoms with van der Waals surface area (Å²) in [4.78, 5) is 24.1. The largest absolute Gasteiger partial charge is 0.324 e. The van der Waals surface area contributed by atoms with Crippen LogP contribution in [0.4, 0.5) is 15.8 Å². The zero-order valence-electron chi connectivity index (χ0n) is 13.4. The molecule has 2 N–H and O–H groups in total. The number of halogens is 2. The van der Waals surface area contributed by atoms with Gasteiger partial charge in [0.25, 0.3) is 5.91 Å². The van der Waals surface area contributed by atoms with E-state index in [1.807, 2.05) is 25.1 Å². The third-order valence-corrected chi connectivity index (χ3v) is 5.25. The first-order valence-corrected chi connectivity index (χ1v) is 8.62. The zero-order valence-corrected chi connectivity index (χ0v) is 15.0. The van der Waals surface area contributed by atoms with Gasteiger partial charge in [-0.15, -0.1) is 11.3 Å². The molecule has 0 fully saturated rings. The van der Waals surface area contributed by atoms with Crippen molar-refractivity contribution < 1.29 is 14.0 Å². The third kappa shape index (κ3) is 3.50. The summed E-state index contributed by atoms with van der Waals surface area (Å²) in [5.74, 6) is -1.36. The van der Waals surface area contributed by atoms with E-state index < -0.39 is 11.7 Å². The highest BCUT2D eigenvalue weighted by Crippen LogP contribution is 2.37. The summed E-state index contributed by atoms with van der Waals surface area (Å²) in [7, 11) is 0. The Labute approximate surface area is 152 Å². The van der Waals surface area contributed by atoms with E-state index >= 15 is 0 Å². The fraction of sp³-hybridized carbons (Fsp3) is 0.111. The highest BCUT2D eigenvalue weighted by molar-refractivity contribution is 7.21. The summed E-state index contributed by atoms with van der Waals surface area (Å²) >= 11 is 7.68. The molecule has 0 saturated heterocycles. The normalized spacial score (nSPS) is 10.7. The number of hydrogen-bond acceptors (Lipinski definition) is 3. The lowest BCUT2D eigenvalue weighted by atomic mass is 10.1. The summed E-state index contributed by atoms with van der Waals surface area (Å²) in [6.45, 7) is 3.21. The van der Waals surface area contributed by atoms with Crippen LogP contribution in [-0.4, -0.2) is 11.8 Å². The Morgan fingerprint density at radius 1 is 1.16 bits per heavy atom. The molecule has 4 nitrogen and oxygen atoms in total. The van der Waals surface area contributed by atoms with E-state index in [1.54, 1.807) is 0 Å². The molecular formula is C18H14ClFN2O2S. The predicted octanol–water partition coefficient (Wildman–Crippen LogP) is 5.21. The van der Waals surface area contributed by atoms with Crippen molar-refractivity contribution in [3.8, 4) is 0 Å². The Balaban J connectivity index is 1.92. The van der Waals surface area contributed by atoms with E-state index in [0.717, 1.165) is 15.6 Å². The van der Waals surface area contributed by atoms with Crippen LogP contribution in [0, 0.1) is 12.7 Å². The monoisotopic (exact) mass is 376 g/mol. The van der Waals surface area contributed by atoms with Crippen molar-refractivity contribution in [1.82, 2.24) is 0 Å². The first-order chi connectivity index (χ1) is 11.9. The van der Waals surface area contributed by atoms with Gasteiger partial charge in [0.2, 0.25) is 5.91 Å². The molecule has 3 aromatic rings. The Morgan fingerprint density at radius 3 is 2.60 bits per heavy atom. The smallest absolute Gasteiger partial charge is 0.267 e. The van der Waals surface area contributed by atoms with Crippen molar-refractivity contribution in [3.63, 3.8) is 0 Å². The van der Waals surface area contributed by atoms with Gasteiger partial charge in [0.1, 0.15) is 10.7 Å². The molecule has 3 rings (SSSR count). The predicted molar refractivity (Wildman–Crippen MR) is 100 cm³/mol. The first kappa shape index (κ1) is 17.4. The van der Waals surface area contributed by atoms with E-state index in [4.69, 9.17) is 11.6 Å². The third-order valence-electron chi connectivity index (χ3n) is 3.61. The SMILES string of the molecule is CC(=O)Nc1cc(NC(=O)c2sc3cccc(C)c3c2Cl)ccc1F. The molecule has 0 unspecified atom stereocenters. The van der Waals surface area contributed by atoms with Crippen molar-refractivity contribution >= 4 is 56.2 Å². The van der Waals surface area contributed by atoms with Crippen LogP contribution in [-0.2, 0) is 4.79 Å². The zero-order chi connectivity index (χ0) is 18.1. The van der Waals surface area contributed by atoms with Crippen molar-refractivity contribution in [2.24, 2.45) is 0 Å². The number of carbonyl (C=O) groups excluding carboxylic acids is 2. The molecule has 0 bridgehead atoms.